The van der Waals surface area contributed by atoms with E-state index < -0.39 is 0 Å². The zero-order chi connectivity index (χ0) is 13.4. The smallest absolute Gasteiger partial charge is 0.178 e. The summed E-state index contributed by atoms with van der Waals surface area (Å²) in [5.74, 6) is 0.630. The summed E-state index contributed by atoms with van der Waals surface area (Å²) in [6.45, 7) is 0. The molecule has 0 spiro atoms. The van der Waals surface area contributed by atoms with Gasteiger partial charge in [0, 0.05) is 17.0 Å². The molecule has 3 nitrogen and oxygen atoms in total. The molecule has 0 bridgehead atoms. The van der Waals surface area contributed by atoms with Gasteiger partial charge in [-0.25, -0.2) is 15.0 Å². The van der Waals surface area contributed by atoms with Crippen molar-refractivity contribution in [3.63, 3.8) is 0 Å². The van der Waals surface area contributed by atoms with E-state index in [2.05, 4.69) is 21.1 Å². The van der Waals surface area contributed by atoms with Crippen LogP contribution in [-0.4, -0.2) is 15.0 Å². The number of nitrogens with zero attached hydrogens (tertiary/aromatic N) is 3. The second kappa shape index (κ2) is 4.38. The van der Waals surface area contributed by atoms with Crippen molar-refractivity contribution in [1.29, 1.82) is 0 Å². The number of hydrogen-bond donors (Lipinski definition) is 0. The Balaban J connectivity index is 1.91. The van der Waals surface area contributed by atoms with Crippen molar-refractivity contribution in [3.05, 3.63) is 67.0 Å². The minimum absolute atomic E-state index is 0.630. The predicted octanol–water partition coefficient (Wildman–Crippen LogP) is 3.65. The van der Waals surface area contributed by atoms with Crippen LogP contribution in [0, 0.1) is 6.20 Å². The normalized spacial score (nSPS) is 11.0. The molecule has 0 fully saturated rings. The Kier molecular flexibility index (Phi) is 2.42. The van der Waals surface area contributed by atoms with Crippen molar-refractivity contribution < 1.29 is 0 Å². The standard InChI is InChI=1S/C17H10N3/c1-2-6-13-10-18-16(9-12(13)5-1)17-19-11-14-7-3-4-8-15(14)20-17/h1-9,11H. The molecule has 0 amide bonds. The first kappa shape index (κ1) is 11.1. The third kappa shape index (κ3) is 1.80. The summed E-state index contributed by atoms with van der Waals surface area (Å²) in [5, 5.41) is 3.12. The van der Waals surface area contributed by atoms with Gasteiger partial charge in [0.1, 0.15) is 5.69 Å². The summed E-state index contributed by atoms with van der Waals surface area (Å²) in [4.78, 5) is 13.3. The highest BCUT2D eigenvalue weighted by Gasteiger charge is 2.05. The molecule has 93 valence electrons. The maximum Gasteiger partial charge on any atom is 0.178 e. The lowest BCUT2D eigenvalue weighted by atomic mass is 10.1. The Morgan fingerprint density at radius 3 is 2.60 bits per heavy atom. The minimum atomic E-state index is 0.630. The van der Waals surface area contributed by atoms with Crippen molar-refractivity contribution in [2.24, 2.45) is 0 Å². The molecular formula is C17H10N3. The first-order chi connectivity index (χ1) is 9.90. The molecule has 2 heterocycles. The molecule has 0 unspecified atom stereocenters. The molecule has 2 aromatic carbocycles. The first-order valence-electron chi connectivity index (χ1n) is 6.40. The van der Waals surface area contributed by atoms with Crippen molar-refractivity contribution in [2.75, 3.05) is 0 Å². The molecule has 1 radical (unpaired) electrons. The highest BCUT2D eigenvalue weighted by Crippen LogP contribution is 2.20. The van der Waals surface area contributed by atoms with E-state index in [1.54, 1.807) is 0 Å². The van der Waals surface area contributed by atoms with Crippen molar-refractivity contribution in [2.45, 2.75) is 0 Å². The van der Waals surface area contributed by atoms with Crippen LogP contribution in [0.15, 0.2) is 60.8 Å². The van der Waals surface area contributed by atoms with Crippen LogP contribution in [0.2, 0.25) is 0 Å². The summed E-state index contributed by atoms with van der Waals surface area (Å²) < 4.78 is 0. The van der Waals surface area contributed by atoms with E-state index in [1.165, 1.54) is 0 Å². The number of benzene rings is 2. The molecule has 2 aromatic heterocycles. The Labute approximate surface area is 116 Å². The second-order valence-electron chi connectivity index (χ2n) is 4.59. The lowest BCUT2D eigenvalue weighted by molar-refractivity contribution is 1.18. The molecule has 0 N–H and O–H groups in total. The van der Waals surface area contributed by atoms with Crippen LogP contribution in [0.3, 0.4) is 0 Å². The number of hydrogen-bond acceptors (Lipinski definition) is 3. The van der Waals surface area contributed by atoms with E-state index in [9.17, 15) is 0 Å². The quantitative estimate of drug-likeness (QED) is 0.522. The average molecular weight is 256 g/mol. The fraction of sp³-hybridized carbons (Fsp3) is 0. The fourth-order valence-corrected chi connectivity index (χ4v) is 2.23. The SMILES string of the molecule is [c]1nc(-c2ncc3ccccc3n2)cc2ccccc12. The zero-order valence-electron chi connectivity index (χ0n) is 10.6. The molecule has 20 heavy (non-hydrogen) atoms. The first-order valence-corrected chi connectivity index (χ1v) is 6.40. The largest absolute Gasteiger partial charge is 0.242 e. The third-order valence-electron chi connectivity index (χ3n) is 3.27. The second-order valence-corrected chi connectivity index (χ2v) is 4.59. The lowest BCUT2D eigenvalue weighted by Gasteiger charge is -2.03. The van der Waals surface area contributed by atoms with Crippen LogP contribution in [-0.2, 0) is 0 Å². The monoisotopic (exact) mass is 256 g/mol. The molecule has 0 aliphatic rings. The molecule has 0 saturated heterocycles. The van der Waals surface area contributed by atoms with Crippen LogP contribution < -0.4 is 0 Å². The van der Waals surface area contributed by atoms with E-state index in [-0.39, 0.29) is 0 Å². The Morgan fingerprint density at radius 2 is 1.65 bits per heavy atom. The summed E-state index contributed by atoms with van der Waals surface area (Å²) in [6, 6.07) is 17.9. The van der Waals surface area contributed by atoms with Crippen LogP contribution in [0.25, 0.3) is 33.2 Å². The van der Waals surface area contributed by atoms with Gasteiger partial charge < -0.3 is 0 Å². The number of aromatic nitrogens is 3. The van der Waals surface area contributed by atoms with Crippen LogP contribution >= 0.6 is 0 Å². The zero-order valence-corrected chi connectivity index (χ0v) is 10.6. The third-order valence-corrected chi connectivity index (χ3v) is 3.27. The van der Waals surface area contributed by atoms with Gasteiger partial charge >= 0.3 is 0 Å². The summed E-state index contributed by atoms with van der Waals surface area (Å²) in [6.07, 6.45) is 4.86. The Hall–Kier alpha value is -2.81. The van der Waals surface area contributed by atoms with Crippen molar-refractivity contribution in [1.82, 2.24) is 15.0 Å². The molecule has 4 rings (SSSR count). The Morgan fingerprint density at radius 1 is 0.850 bits per heavy atom. The van der Waals surface area contributed by atoms with Gasteiger partial charge in [0.2, 0.25) is 0 Å². The van der Waals surface area contributed by atoms with E-state index in [1.807, 2.05) is 60.8 Å². The van der Waals surface area contributed by atoms with Gasteiger partial charge in [-0.3, -0.25) is 0 Å². The maximum absolute atomic E-state index is 4.56. The van der Waals surface area contributed by atoms with E-state index in [0.717, 1.165) is 27.4 Å². The Bertz CT molecular complexity index is 838. The average Bonchev–Trinajstić information content (AvgIpc) is 2.54. The number of para-hydroxylation sites is 1. The summed E-state index contributed by atoms with van der Waals surface area (Å²) in [5.41, 5.74) is 1.67. The van der Waals surface area contributed by atoms with Gasteiger partial charge in [0.05, 0.1) is 11.7 Å². The lowest BCUT2D eigenvalue weighted by Crippen LogP contribution is -1.92. The maximum atomic E-state index is 4.56. The number of fused-ring (bicyclic) bond motifs is 2. The number of rotatable bonds is 1. The molecule has 0 aliphatic carbocycles. The van der Waals surface area contributed by atoms with Gasteiger partial charge in [-0.2, -0.15) is 0 Å². The summed E-state index contributed by atoms with van der Waals surface area (Å²) in [7, 11) is 0. The van der Waals surface area contributed by atoms with Crippen LogP contribution in [0.4, 0.5) is 0 Å². The molecule has 0 atom stereocenters. The number of pyridine rings is 1. The van der Waals surface area contributed by atoms with Gasteiger partial charge in [-0.1, -0.05) is 42.5 Å². The fourth-order valence-electron chi connectivity index (χ4n) is 2.23. The highest BCUT2D eigenvalue weighted by atomic mass is 14.9. The topological polar surface area (TPSA) is 38.7 Å². The molecule has 0 aliphatic heterocycles. The van der Waals surface area contributed by atoms with Gasteiger partial charge in [0.25, 0.3) is 0 Å². The van der Waals surface area contributed by atoms with Gasteiger partial charge in [-0.15, -0.1) is 0 Å². The van der Waals surface area contributed by atoms with Crippen LogP contribution in [0.5, 0.6) is 0 Å². The highest BCUT2D eigenvalue weighted by molar-refractivity contribution is 5.85. The van der Waals surface area contributed by atoms with Gasteiger partial charge in [0.15, 0.2) is 5.82 Å². The molecule has 0 saturated carbocycles. The summed E-state index contributed by atoms with van der Waals surface area (Å²) >= 11 is 0. The molecule has 4 aromatic rings. The van der Waals surface area contributed by atoms with Crippen molar-refractivity contribution >= 4 is 21.7 Å². The van der Waals surface area contributed by atoms with Gasteiger partial charge in [-0.05, 0) is 17.5 Å². The van der Waals surface area contributed by atoms with Crippen LogP contribution in [0.1, 0.15) is 0 Å². The minimum Gasteiger partial charge on any atom is -0.242 e. The predicted molar refractivity (Wildman–Crippen MR) is 79.1 cm³/mol. The molecule has 3 heteroatoms. The van der Waals surface area contributed by atoms with E-state index >= 15 is 0 Å². The van der Waals surface area contributed by atoms with E-state index in [4.69, 9.17) is 0 Å². The van der Waals surface area contributed by atoms with Crippen molar-refractivity contribution in [3.8, 4) is 11.5 Å². The van der Waals surface area contributed by atoms with E-state index in [0.29, 0.717) is 5.82 Å². The molecular weight excluding hydrogens is 246 g/mol.